The lowest BCUT2D eigenvalue weighted by atomic mass is 10.0. The standard InChI is InChI=1S/C20H34N4O4S.HI/c1-2-22-20(23-11-3-13-28-16-18-9-14-27-15-10-18)24-12-8-17-4-6-19(7-5-17)29(21,25)26;/h4-7,18H,2-3,8-16H2,1H3,(H2,21,25,26)(H2,22,23,24);1H. The summed E-state index contributed by atoms with van der Waals surface area (Å²) in [6, 6.07) is 6.62. The minimum Gasteiger partial charge on any atom is -0.381 e. The zero-order chi connectivity index (χ0) is 21.0. The van der Waals surface area contributed by atoms with Crippen LogP contribution in [0.3, 0.4) is 0 Å². The Morgan fingerprint density at radius 2 is 1.93 bits per heavy atom. The van der Waals surface area contributed by atoms with Gasteiger partial charge in [0.25, 0.3) is 0 Å². The number of guanidine groups is 1. The highest BCUT2D eigenvalue weighted by Crippen LogP contribution is 2.14. The number of primary sulfonamides is 1. The lowest BCUT2D eigenvalue weighted by molar-refractivity contribution is 0.0205. The van der Waals surface area contributed by atoms with Crippen LogP contribution >= 0.6 is 24.0 Å². The van der Waals surface area contributed by atoms with E-state index in [1.54, 1.807) is 12.1 Å². The fraction of sp³-hybridized carbons (Fsp3) is 0.650. The van der Waals surface area contributed by atoms with Gasteiger partial charge in [0.2, 0.25) is 10.0 Å². The molecular weight excluding hydrogens is 519 g/mol. The lowest BCUT2D eigenvalue weighted by Crippen LogP contribution is -2.38. The van der Waals surface area contributed by atoms with E-state index in [2.05, 4.69) is 15.6 Å². The Morgan fingerprint density at radius 1 is 1.23 bits per heavy atom. The van der Waals surface area contributed by atoms with Gasteiger partial charge in [0.15, 0.2) is 5.96 Å². The van der Waals surface area contributed by atoms with Gasteiger partial charge >= 0.3 is 0 Å². The molecule has 0 bridgehead atoms. The largest absolute Gasteiger partial charge is 0.381 e. The predicted octanol–water partition coefficient (Wildman–Crippen LogP) is 1.88. The quantitative estimate of drug-likeness (QED) is 0.167. The summed E-state index contributed by atoms with van der Waals surface area (Å²) in [5.41, 5.74) is 1.03. The molecular formula is C20H35IN4O4S. The molecule has 30 heavy (non-hydrogen) atoms. The van der Waals surface area contributed by atoms with E-state index in [-0.39, 0.29) is 28.9 Å². The summed E-state index contributed by atoms with van der Waals surface area (Å²) >= 11 is 0. The molecule has 0 aliphatic carbocycles. The van der Waals surface area contributed by atoms with Crippen molar-refractivity contribution in [3.8, 4) is 0 Å². The molecule has 1 saturated heterocycles. The maximum atomic E-state index is 11.3. The Labute approximate surface area is 197 Å². The molecule has 0 spiro atoms. The third kappa shape index (κ3) is 10.9. The molecule has 1 aliphatic rings. The van der Waals surface area contributed by atoms with Gasteiger partial charge in [0.05, 0.1) is 4.90 Å². The third-order valence-electron chi connectivity index (χ3n) is 4.71. The average Bonchev–Trinajstić information content (AvgIpc) is 2.71. The summed E-state index contributed by atoms with van der Waals surface area (Å²) in [4.78, 5) is 4.70. The number of nitrogens with two attached hydrogens (primary N) is 1. The van der Waals surface area contributed by atoms with Crippen molar-refractivity contribution in [2.24, 2.45) is 16.0 Å². The van der Waals surface area contributed by atoms with Crippen LogP contribution in [0.25, 0.3) is 0 Å². The molecule has 0 aromatic heterocycles. The zero-order valence-corrected chi connectivity index (χ0v) is 20.8. The Balaban J connectivity index is 0.00000450. The molecule has 1 heterocycles. The third-order valence-corrected chi connectivity index (χ3v) is 5.64. The summed E-state index contributed by atoms with van der Waals surface area (Å²) in [6.07, 6.45) is 3.83. The van der Waals surface area contributed by atoms with Crippen molar-refractivity contribution < 1.29 is 17.9 Å². The van der Waals surface area contributed by atoms with E-state index in [1.165, 1.54) is 12.1 Å². The molecule has 0 saturated carbocycles. The molecule has 0 radical (unpaired) electrons. The number of aliphatic imine (C=N–C) groups is 1. The van der Waals surface area contributed by atoms with Gasteiger partial charge in [-0.2, -0.15) is 0 Å². The maximum Gasteiger partial charge on any atom is 0.238 e. The molecule has 10 heteroatoms. The number of ether oxygens (including phenoxy) is 2. The van der Waals surface area contributed by atoms with Crippen molar-refractivity contribution in [1.29, 1.82) is 0 Å². The van der Waals surface area contributed by atoms with Gasteiger partial charge in [0, 0.05) is 46.1 Å². The van der Waals surface area contributed by atoms with Crippen molar-refractivity contribution in [1.82, 2.24) is 10.6 Å². The maximum absolute atomic E-state index is 11.3. The molecule has 1 aromatic carbocycles. The van der Waals surface area contributed by atoms with Gasteiger partial charge in [-0.15, -0.1) is 24.0 Å². The van der Waals surface area contributed by atoms with Crippen molar-refractivity contribution in [3.05, 3.63) is 29.8 Å². The van der Waals surface area contributed by atoms with Gasteiger partial charge < -0.3 is 20.1 Å². The number of sulfonamides is 1. The van der Waals surface area contributed by atoms with Crippen LogP contribution in [0, 0.1) is 5.92 Å². The molecule has 2 rings (SSSR count). The van der Waals surface area contributed by atoms with Crippen LogP contribution in [0.15, 0.2) is 34.2 Å². The Bertz CT molecular complexity index is 723. The second kappa shape index (κ2) is 15.0. The number of hydrogen-bond acceptors (Lipinski definition) is 5. The molecule has 0 unspecified atom stereocenters. The van der Waals surface area contributed by atoms with E-state index in [0.717, 1.165) is 70.2 Å². The second-order valence-electron chi connectivity index (χ2n) is 7.11. The molecule has 0 atom stereocenters. The van der Waals surface area contributed by atoms with E-state index in [0.29, 0.717) is 19.0 Å². The molecule has 8 nitrogen and oxygen atoms in total. The Hall–Kier alpha value is -0.950. The molecule has 4 N–H and O–H groups in total. The fourth-order valence-electron chi connectivity index (χ4n) is 3.03. The van der Waals surface area contributed by atoms with Crippen molar-refractivity contribution in [2.45, 2.75) is 37.5 Å². The predicted molar refractivity (Wildman–Crippen MR) is 130 cm³/mol. The van der Waals surface area contributed by atoms with E-state index in [4.69, 9.17) is 14.6 Å². The highest BCUT2D eigenvalue weighted by molar-refractivity contribution is 14.0. The highest BCUT2D eigenvalue weighted by Gasteiger charge is 2.13. The number of rotatable bonds is 11. The van der Waals surface area contributed by atoms with Crippen LogP contribution in [-0.2, 0) is 25.9 Å². The number of nitrogens with one attached hydrogen (secondary N) is 2. The Morgan fingerprint density at radius 3 is 2.57 bits per heavy atom. The zero-order valence-electron chi connectivity index (χ0n) is 17.6. The van der Waals surface area contributed by atoms with Crippen LogP contribution in [0.5, 0.6) is 0 Å². The molecule has 1 aliphatic heterocycles. The first kappa shape index (κ1) is 27.1. The molecule has 1 fully saturated rings. The molecule has 1 aromatic rings. The molecule has 0 amide bonds. The summed E-state index contributed by atoms with van der Waals surface area (Å²) in [6.45, 7) is 7.45. The smallest absolute Gasteiger partial charge is 0.238 e. The SMILES string of the molecule is CCNC(=NCCCOCC1CCOCC1)NCCc1ccc(S(N)(=O)=O)cc1.I. The summed E-state index contributed by atoms with van der Waals surface area (Å²) < 4.78 is 33.7. The Kier molecular flexibility index (Phi) is 13.5. The summed E-state index contributed by atoms with van der Waals surface area (Å²) in [7, 11) is -3.65. The van der Waals surface area contributed by atoms with Gasteiger partial charge in [0.1, 0.15) is 0 Å². The first-order valence-electron chi connectivity index (χ1n) is 10.3. The highest BCUT2D eigenvalue weighted by atomic mass is 127. The van der Waals surface area contributed by atoms with Crippen LogP contribution < -0.4 is 15.8 Å². The first-order valence-corrected chi connectivity index (χ1v) is 11.8. The monoisotopic (exact) mass is 554 g/mol. The van der Waals surface area contributed by atoms with Crippen molar-refractivity contribution in [2.75, 3.05) is 46.1 Å². The van der Waals surface area contributed by atoms with E-state index in [9.17, 15) is 8.42 Å². The lowest BCUT2D eigenvalue weighted by Gasteiger charge is -2.21. The first-order chi connectivity index (χ1) is 14.0. The molecule has 172 valence electrons. The van der Waals surface area contributed by atoms with Crippen LogP contribution in [0.1, 0.15) is 31.7 Å². The van der Waals surface area contributed by atoms with E-state index < -0.39 is 10.0 Å². The topological polar surface area (TPSA) is 115 Å². The average molecular weight is 554 g/mol. The number of benzene rings is 1. The minimum atomic E-state index is -3.65. The second-order valence-corrected chi connectivity index (χ2v) is 8.67. The van der Waals surface area contributed by atoms with Gasteiger partial charge in [-0.3, -0.25) is 4.99 Å². The number of nitrogens with zero attached hydrogens (tertiary/aromatic N) is 1. The number of hydrogen-bond donors (Lipinski definition) is 3. The summed E-state index contributed by atoms with van der Waals surface area (Å²) in [5.74, 6) is 1.41. The van der Waals surface area contributed by atoms with Gasteiger partial charge in [-0.05, 0) is 56.2 Å². The van der Waals surface area contributed by atoms with Crippen LogP contribution in [0.2, 0.25) is 0 Å². The van der Waals surface area contributed by atoms with Crippen molar-refractivity contribution >= 4 is 40.0 Å². The summed E-state index contributed by atoms with van der Waals surface area (Å²) in [5, 5.41) is 11.6. The van der Waals surface area contributed by atoms with Crippen molar-refractivity contribution in [3.63, 3.8) is 0 Å². The van der Waals surface area contributed by atoms with E-state index in [1.807, 2.05) is 6.92 Å². The van der Waals surface area contributed by atoms with Gasteiger partial charge in [-0.1, -0.05) is 12.1 Å². The number of halogens is 1. The van der Waals surface area contributed by atoms with Crippen LogP contribution in [-0.4, -0.2) is 60.4 Å². The fourth-order valence-corrected chi connectivity index (χ4v) is 3.55. The van der Waals surface area contributed by atoms with Gasteiger partial charge in [-0.25, -0.2) is 13.6 Å². The normalized spacial score (nSPS) is 15.5. The van der Waals surface area contributed by atoms with E-state index >= 15 is 0 Å². The minimum absolute atomic E-state index is 0. The van der Waals surface area contributed by atoms with Crippen LogP contribution in [0.4, 0.5) is 0 Å².